The number of halogens is 1. The molecular weight excluding hydrogens is 200 g/mol. The van der Waals surface area contributed by atoms with Crippen molar-refractivity contribution < 1.29 is 0 Å². The molecule has 56 valence electrons. The van der Waals surface area contributed by atoms with Gasteiger partial charge < -0.3 is 0 Å². The summed E-state index contributed by atoms with van der Waals surface area (Å²) in [5.41, 5.74) is 4.24. The van der Waals surface area contributed by atoms with Gasteiger partial charge in [-0.3, -0.25) is 0 Å². The molecular formula is C10H9Br. The average Bonchev–Trinajstić information content (AvgIpc) is 2.07. The van der Waals surface area contributed by atoms with E-state index in [9.17, 15) is 0 Å². The quantitative estimate of drug-likeness (QED) is 0.518. The fraction of sp³-hybridized carbons (Fsp3) is 0.100. The Bertz CT molecular complexity index is 255. The molecule has 11 heavy (non-hydrogen) atoms. The van der Waals surface area contributed by atoms with Gasteiger partial charge in [-0.2, -0.15) is 0 Å². The SMILES string of the molecule is BrCC=C=Cc1ccccc1. The van der Waals surface area contributed by atoms with Crippen LogP contribution in [0.5, 0.6) is 0 Å². The summed E-state index contributed by atoms with van der Waals surface area (Å²) in [5.74, 6) is 0. The van der Waals surface area contributed by atoms with Crippen molar-refractivity contribution in [3.63, 3.8) is 0 Å². The highest BCUT2D eigenvalue weighted by Gasteiger charge is 1.78. The van der Waals surface area contributed by atoms with E-state index in [1.165, 1.54) is 5.56 Å². The smallest absolute Gasteiger partial charge is 0.0287 e. The van der Waals surface area contributed by atoms with Crippen molar-refractivity contribution >= 4 is 22.0 Å². The maximum absolute atomic E-state index is 3.28. The van der Waals surface area contributed by atoms with E-state index >= 15 is 0 Å². The van der Waals surface area contributed by atoms with Crippen LogP contribution in [0.4, 0.5) is 0 Å². The first-order valence-corrected chi connectivity index (χ1v) is 4.57. The lowest BCUT2D eigenvalue weighted by Gasteiger charge is -1.85. The maximum Gasteiger partial charge on any atom is 0.0287 e. The van der Waals surface area contributed by atoms with E-state index in [1.54, 1.807) is 0 Å². The predicted octanol–water partition coefficient (Wildman–Crippen LogP) is 3.25. The largest absolute Gasteiger partial charge is 0.124 e. The van der Waals surface area contributed by atoms with Gasteiger partial charge in [-0.15, -0.1) is 5.73 Å². The normalized spacial score (nSPS) is 8.45. The summed E-state index contributed by atoms with van der Waals surface area (Å²) >= 11 is 3.28. The molecule has 0 aliphatic carbocycles. The minimum absolute atomic E-state index is 0.857. The Kier molecular flexibility index (Phi) is 3.74. The number of hydrogen-bond donors (Lipinski definition) is 0. The second kappa shape index (κ2) is 4.95. The molecule has 0 radical (unpaired) electrons. The second-order valence-electron chi connectivity index (χ2n) is 2.08. The van der Waals surface area contributed by atoms with Gasteiger partial charge in [-0.05, 0) is 17.7 Å². The highest BCUT2D eigenvalue weighted by Crippen LogP contribution is 1.99. The summed E-state index contributed by atoms with van der Waals surface area (Å²) in [6.07, 6.45) is 3.90. The van der Waals surface area contributed by atoms with Gasteiger partial charge in [0, 0.05) is 5.33 Å². The van der Waals surface area contributed by atoms with Crippen LogP contribution in [0.15, 0.2) is 42.1 Å². The number of hydrogen-bond acceptors (Lipinski definition) is 0. The zero-order valence-electron chi connectivity index (χ0n) is 6.13. The molecule has 0 spiro atoms. The second-order valence-corrected chi connectivity index (χ2v) is 2.73. The molecule has 0 nitrogen and oxygen atoms in total. The minimum Gasteiger partial charge on any atom is -0.124 e. The molecule has 0 fully saturated rings. The van der Waals surface area contributed by atoms with Crippen LogP contribution >= 0.6 is 15.9 Å². The van der Waals surface area contributed by atoms with Gasteiger partial charge in [0.2, 0.25) is 0 Å². The molecule has 1 rings (SSSR count). The summed E-state index contributed by atoms with van der Waals surface area (Å²) in [5, 5.41) is 0.857. The molecule has 0 unspecified atom stereocenters. The molecule has 0 aliphatic heterocycles. The van der Waals surface area contributed by atoms with E-state index in [1.807, 2.05) is 30.4 Å². The monoisotopic (exact) mass is 208 g/mol. The molecule has 1 heteroatoms. The Morgan fingerprint density at radius 3 is 2.64 bits per heavy atom. The van der Waals surface area contributed by atoms with Gasteiger partial charge in [0.25, 0.3) is 0 Å². The number of benzene rings is 1. The Labute approximate surface area is 75.4 Å². The zero-order chi connectivity index (χ0) is 7.94. The van der Waals surface area contributed by atoms with Crippen LogP contribution in [0.1, 0.15) is 5.56 Å². The van der Waals surface area contributed by atoms with Crippen molar-refractivity contribution in [3.8, 4) is 0 Å². The van der Waals surface area contributed by atoms with Gasteiger partial charge in [0.05, 0.1) is 0 Å². The predicted molar refractivity (Wildman–Crippen MR) is 52.8 cm³/mol. The molecule has 0 N–H and O–H groups in total. The lowest BCUT2D eigenvalue weighted by molar-refractivity contribution is 1.66. The van der Waals surface area contributed by atoms with Gasteiger partial charge in [-0.1, -0.05) is 46.3 Å². The Hall–Kier alpha value is -0.780. The van der Waals surface area contributed by atoms with E-state index in [2.05, 4.69) is 33.8 Å². The van der Waals surface area contributed by atoms with Crippen LogP contribution in [0.2, 0.25) is 0 Å². The molecule has 0 amide bonds. The van der Waals surface area contributed by atoms with E-state index in [0.717, 1.165) is 5.33 Å². The first-order chi connectivity index (χ1) is 5.43. The first kappa shape index (κ1) is 8.32. The summed E-state index contributed by atoms with van der Waals surface area (Å²) in [7, 11) is 0. The van der Waals surface area contributed by atoms with Crippen LogP contribution in [0.25, 0.3) is 6.08 Å². The lowest BCUT2D eigenvalue weighted by atomic mass is 10.2. The number of alkyl halides is 1. The summed E-state index contributed by atoms with van der Waals surface area (Å²) in [6.45, 7) is 0. The molecule has 1 aromatic carbocycles. The molecule has 0 heterocycles. The topological polar surface area (TPSA) is 0 Å². The van der Waals surface area contributed by atoms with Crippen LogP contribution < -0.4 is 0 Å². The highest BCUT2D eigenvalue weighted by molar-refractivity contribution is 9.09. The van der Waals surface area contributed by atoms with Crippen molar-refractivity contribution in [2.75, 3.05) is 5.33 Å². The lowest BCUT2D eigenvalue weighted by Crippen LogP contribution is -1.65. The van der Waals surface area contributed by atoms with Crippen LogP contribution in [-0.4, -0.2) is 5.33 Å². The zero-order valence-corrected chi connectivity index (χ0v) is 7.71. The van der Waals surface area contributed by atoms with Gasteiger partial charge in [0.15, 0.2) is 0 Å². The number of allylic oxidation sites excluding steroid dienone is 1. The Morgan fingerprint density at radius 1 is 1.27 bits per heavy atom. The van der Waals surface area contributed by atoms with E-state index in [-0.39, 0.29) is 0 Å². The molecule has 0 bridgehead atoms. The third-order valence-electron chi connectivity index (χ3n) is 1.24. The molecule has 0 aliphatic rings. The maximum atomic E-state index is 3.28. The Morgan fingerprint density at radius 2 is 2.00 bits per heavy atom. The van der Waals surface area contributed by atoms with Crippen molar-refractivity contribution in [1.29, 1.82) is 0 Å². The van der Waals surface area contributed by atoms with Crippen molar-refractivity contribution in [3.05, 3.63) is 47.7 Å². The summed E-state index contributed by atoms with van der Waals surface area (Å²) < 4.78 is 0. The van der Waals surface area contributed by atoms with Gasteiger partial charge in [-0.25, -0.2) is 0 Å². The molecule has 0 aromatic heterocycles. The fourth-order valence-electron chi connectivity index (χ4n) is 0.749. The van der Waals surface area contributed by atoms with E-state index in [0.29, 0.717) is 0 Å². The molecule has 0 saturated carbocycles. The highest BCUT2D eigenvalue weighted by atomic mass is 79.9. The molecule has 1 aromatic rings. The van der Waals surface area contributed by atoms with Crippen molar-refractivity contribution in [2.24, 2.45) is 0 Å². The van der Waals surface area contributed by atoms with E-state index < -0.39 is 0 Å². The van der Waals surface area contributed by atoms with Crippen LogP contribution in [0.3, 0.4) is 0 Å². The van der Waals surface area contributed by atoms with Crippen molar-refractivity contribution in [2.45, 2.75) is 0 Å². The third-order valence-corrected chi connectivity index (χ3v) is 1.57. The minimum atomic E-state index is 0.857. The van der Waals surface area contributed by atoms with Gasteiger partial charge >= 0.3 is 0 Å². The average molecular weight is 209 g/mol. The standard InChI is InChI=1S/C10H9Br/c11-9-5-4-8-10-6-2-1-3-7-10/h1-3,5-8H,9H2. The fourth-order valence-corrected chi connectivity index (χ4v) is 0.936. The summed E-state index contributed by atoms with van der Waals surface area (Å²) in [4.78, 5) is 0. The van der Waals surface area contributed by atoms with Crippen LogP contribution in [-0.2, 0) is 0 Å². The molecule has 0 atom stereocenters. The van der Waals surface area contributed by atoms with Gasteiger partial charge in [0.1, 0.15) is 0 Å². The van der Waals surface area contributed by atoms with E-state index in [4.69, 9.17) is 0 Å². The molecule has 0 saturated heterocycles. The number of rotatable bonds is 2. The summed E-state index contributed by atoms with van der Waals surface area (Å²) in [6, 6.07) is 10.1. The van der Waals surface area contributed by atoms with Crippen LogP contribution in [0, 0.1) is 0 Å². The third kappa shape index (κ3) is 3.22. The Balaban J connectivity index is 2.72. The first-order valence-electron chi connectivity index (χ1n) is 3.45. The van der Waals surface area contributed by atoms with Crippen molar-refractivity contribution in [1.82, 2.24) is 0 Å².